The molecule has 0 radical (unpaired) electrons. The van der Waals surface area contributed by atoms with Gasteiger partial charge in [0.2, 0.25) is 30.1 Å². The first-order valence-electron chi connectivity index (χ1n) is 36.4. The van der Waals surface area contributed by atoms with Crippen molar-refractivity contribution < 1.29 is 74.4 Å². The van der Waals surface area contributed by atoms with Crippen LogP contribution in [0.15, 0.2) is 189 Å². The summed E-state index contributed by atoms with van der Waals surface area (Å²) < 4.78 is 210. The number of hydrogen-bond acceptors (Lipinski definition) is 25. The minimum absolute atomic E-state index is 0.0809. The van der Waals surface area contributed by atoms with Crippen LogP contribution in [0.4, 0.5) is 39.5 Å². The molecule has 0 unspecified atom stereocenters. The van der Waals surface area contributed by atoms with Gasteiger partial charge in [0.05, 0.1) is 34.3 Å². The summed E-state index contributed by atoms with van der Waals surface area (Å²) in [4.78, 5) is 51.6. The maximum Gasteiger partial charge on any atom is 0.373 e. The molecule has 121 heavy (non-hydrogen) atoms. The Hall–Kier alpha value is -9.70. The lowest BCUT2D eigenvalue weighted by atomic mass is 9.92. The molecular formula is C75H70Cl3F9N20O8S6. The number of benzene rings is 4. The smallest absolute Gasteiger partial charge is 0.326 e. The molecule has 6 atom stereocenters. The Morgan fingerprint density at radius 3 is 1.11 bits per heavy atom. The van der Waals surface area contributed by atoms with Crippen LogP contribution in [0.3, 0.4) is 0 Å². The van der Waals surface area contributed by atoms with Crippen LogP contribution in [0.5, 0.6) is 0 Å². The van der Waals surface area contributed by atoms with Crippen LogP contribution in [0.25, 0.3) is 16.7 Å². The first-order chi connectivity index (χ1) is 57.8. The maximum atomic E-state index is 14.0. The number of fused-ring (bicyclic) bond motifs is 3. The van der Waals surface area contributed by atoms with Crippen molar-refractivity contribution in [3.05, 3.63) is 260 Å². The average molecular weight is 1850 g/mol. The van der Waals surface area contributed by atoms with Gasteiger partial charge in [0, 0.05) is 189 Å². The van der Waals surface area contributed by atoms with E-state index in [1.165, 1.54) is 88.6 Å². The normalized spacial score (nSPS) is 19.2. The van der Waals surface area contributed by atoms with Crippen LogP contribution in [0.1, 0.15) is 111 Å². The summed E-state index contributed by atoms with van der Waals surface area (Å²) in [6, 6.07) is 20.8. The largest absolute Gasteiger partial charge is 0.373 e. The van der Waals surface area contributed by atoms with Gasteiger partial charge in [-0.2, -0.15) is 51.2 Å². The Morgan fingerprint density at radius 2 is 0.818 bits per heavy atom. The number of rotatable bonds is 26. The summed E-state index contributed by atoms with van der Waals surface area (Å²) >= 11 is 23.4. The maximum absolute atomic E-state index is 14.0. The molecule has 638 valence electrons. The van der Waals surface area contributed by atoms with Gasteiger partial charge in [0.1, 0.15) is 35.6 Å². The molecule has 4 aromatic carbocycles. The number of nitrogens with zero attached hydrogens (tertiary/aromatic N) is 16. The molecule has 4 N–H and O–H groups in total. The lowest BCUT2D eigenvalue weighted by molar-refractivity contribution is -0.191. The quantitative estimate of drug-likeness (QED) is 0.0366. The van der Waals surface area contributed by atoms with Gasteiger partial charge < -0.3 is 24.9 Å². The molecule has 0 bridgehead atoms. The summed E-state index contributed by atoms with van der Waals surface area (Å²) in [5.41, 5.74) is 6.08. The Labute approximate surface area is 713 Å². The highest BCUT2D eigenvalue weighted by molar-refractivity contribution is 7.89. The molecule has 3 saturated heterocycles. The van der Waals surface area contributed by atoms with Crippen molar-refractivity contribution in [3.63, 3.8) is 0 Å². The molecule has 46 heteroatoms. The molecule has 12 heterocycles. The van der Waals surface area contributed by atoms with Crippen LogP contribution in [0, 0.1) is 17.5 Å². The predicted octanol–water partition coefficient (Wildman–Crippen LogP) is 12.7. The van der Waals surface area contributed by atoms with Crippen LogP contribution < -0.4 is 19.5 Å². The van der Waals surface area contributed by atoms with E-state index in [1.807, 2.05) is 20.8 Å². The van der Waals surface area contributed by atoms with Gasteiger partial charge >= 0.3 is 25.8 Å². The van der Waals surface area contributed by atoms with E-state index >= 15 is 0 Å². The summed E-state index contributed by atoms with van der Waals surface area (Å²) in [6.45, 7) is -7.23. The van der Waals surface area contributed by atoms with Crippen molar-refractivity contribution in [2.45, 2.75) is 80.9 Å². The molecule has 0 aliphatic carbocycles. The molecule has 0 spiro atoms. The lowest BCUT2D eigenvalue weighted by Crippen LogP contribution is -2.41. The number of halogens is 12. The minimum atomic E-state index is -3.73. The summed E-state index contributed by atoms with van der Waals surface area (Å²) in [5, 5.41) is 22.5. The van der Waals surface area contributed by atoms with E-state index in [1.54, 1.807) is 85.0 Å². The van der Waals surface area contributed by atoms with Crippen molar-refractivity contribution in [2.24, 2.45) is 15.0 Å². The standard InChI is InChI=1S/C27H22ClF3N6O2S2.C24H25ClF3N7O2S2.C23H23ClF3N7O2S2.CO2/c28-20-12-17(29)6-7-19(20)24-23(21-8-10-37(34-21)27(30)31)22-13-18(14-36(22)25(33-24)26-32-9-11-40-26)35-41(38,39)15-16-4-2-1-3-5-16;1-33(2)8-10-39(36,37)32-15-12-19-20(18-5-7-35(31-18)24(27)28)21(16-4-3-14(26)11-17(16)25)30-22(34(19)13-15)23-29-6-9-38-23;1-28-6-9-38(35,36)32-14-11-18-19(17-4-7-34(31-17)23(26)27)20(15-3-2-13(25)10-16(15)24)30-21(33(18)12-14)22-29-5-8-37-22;2-1-3/h1-12,18,24,27,35H,13-15H2;3-7,9,11,15,21,24,32H,8,10,12-13H2,1-2H3;2-5,7-8,10,14,20,23,28,32H,6,9,11-12H2,1H3;/t18-,24-;15-,21-;14-,20-;/m000./s1. The van der Waals surface area contributed by atoms with Crippen LogP contribution in [-0.2, 0) is 45.4 Å². The number of carbonyl (C=O) groups excluding carboxylic acids is 2. The van der Waals surface area contributed by atoms with E-state index in [-0.39, 0.29) is 101 Å². The minimum Gasteiger partial charge on any atom is -0.326 e. The number of thiazole rings is 3. The zero-order chi connectivity index (χ0) is 86.4. The molecule has 3 fully saturated rings. The Balaban J connectivity index is 0.000000154. The predicted molar refractivity (Wildman–Crippen MR) is 438 cm³/mol. The van der Waals surface area contributed by atoms with Gasteiger partial charge in [-0.15, -0.1) is 34.0 Å². The lowest BCUT2D eigenvalue weighted by Gasteiger charge is -2.32. The molecular weight excluding hydrogens is 1780 g/mol. The highest BCUT2D eigenvalue weighted by Crippen LogP contribution is 2.51. The fourth-order valence-electron chi connectivity index (χ4n) is 14.4. The van der Waals surface area contributed by atoms with Crippen molar-refractivity contribution in [3.8, 4) is 0 Å². The van der Waals surface area contributed by atoms with Crippen molar-refractivity contribution in [1.29, 1.82) is 0 Å². The number of alkyl halides is 6. The van der Waals surface area contributed by atoms with Crippen LogP contribution in [-0.4, -0.2) is 196 Å². The Morgan fingerprint density at radius 1 is 0.488 bits per heavy atom. The summed E-state index contributed by atoms with van der Waals surface area (Å²) in [6.07, 6.45) is 9.34. The van der Waals surface area contributed by atoms with Crippen molar-refractivity contribution in [1.82, 2.24) is 83.4 Å². The summed E-state index contributed by atoms with van der Waals surface area (Å²) in [7, 11) is -5.71. The van der Waals surface area contributed by atoms with Gasteiger partial charge in [0.25, 0.3) is 0 Å². The number of amidine groups is 3. The Kier molecular flexibility index (Phi) is 28.2. The number of aliphatic imine (C=N–C) groups is 3. The third kappa shape index (κ3) is 21.0. The molecule has 6 aromatic heterocycles. The fourth-order valence-corrected chi connectivity index (χ4v) is 21.1. The van der Waals surface area contributed by atoms with Crippen molar-refractivity contribution in [2.75, 3.05) is 65.4 Å². The van der Waals surface area contributed by atoms with Gasteiger partial charge in [-0.3, -0.25) is 15.0 Å². The van der Waals surface area contributed by atoms with E-state index in [9.17, 15) is 64.8 Å². The number of hydrogen-bond donors (Lipinski definition) is 4. The molecule has 6 aliphatic heterocycles. The van der Waals surface area contributed by atoms with E-state index in [4.69, 9.17) is 59.4 Å². The highest BCUT2D eigenvalue weighted by atomic mass is 35.5. The van der Waals surface area contributed by atoms with E-state index in [2.05, 4.69) is 49.7 Å². The molecule has 6 aliphatic rings. The van der Waals surface area contributed by atoms with E-state index in [0.29, 0.717) is 109 Å². The van der Waals surface area contributed by atoms with Gasteiger partial charge in [-0.05, 0) is 81.3 Å². The molecule has 0 amide bonds. The van der Waals surface area contributed by atoms with Crippen molar-refractivity contribution >= 4 is 139 Å². The average Bonchev–Trinajstić information content (AvgIpc) is 1.62. The van der Waals surface area contributed by atoms with E-state index in [0.717, 1.165) is 36.8 Å². The van der Waals surface area contributed by atoms with Gasteiger partial charge in [-0.25, -0.2) is 81.6 Å². The first kappa shape index (κ1) is 89.1. The van der Waals surface area contributed by atoms with Gasteiger partial charge in [-0.1, -0.05) is 83.3 Å². The topological polar surface area (TPSA) is 327 Å². The first-order valence-corrected chi connectivity index (χ1v) is 45.1. The SMILES string of the molecule is CN(C)CCS(=O)(=O)N[C@H]1CC2=C(c3ccn(C(F)F)n3)[C@H](c3ccc(F)cc3Cl)N=C(c3nccs3)N2C1.CNCCS(=O)(=O)N[C@H]1CC2=C(c3ccn(C(F)F)n3)[C@H](c3ccc(F)cc3Cl)N=C(c3nccs3)N2C1.O=C=O.O=S(=O)(Cc1ccccc1)N[C@H]1CC2=C(c3ccn(C(F)F)n3)[C@H](c3ccc(F)cc3Cl)N=C(c3nccs3)N2C1. The fraction of sp³-hybridized carbons (Fsp3) is 0.307. The van der Waals surface area contributed by atoms with E-state index < -0.39 is 103 Å². The molecule has 10 aromatic rings. The number of sulfonamides is 3. The van der Waals surface area contributed by atoms with Gasteiger partial charge in [0.15, 0.2) is 32.5 Å². The molecule has 0 saturated carbocycles. The number of nitrogens with one attached hydrogen (secondary N) is 4. The second-order valence-corrected chi connectivity index (χ2v) is 37.2. The highest BCUT2D eigenvalue weighted by Gasteiger charge is 2.46. The second-order valence-electron chi connectivity index (χ2n) is 27.8. The zero-order valence-electron chi connectivity index (χ0n) is 63.4. The molecule has 16 rings (SSSR count). The monoisotopic (exact) mass is 1850 g/mol. The number of aromatic nitrogens is 9. The van der Waals surface area contributed by atoms with Crippen LogP contribution in [0.2, 0.25) is 15.1 Å². The second kappa shape index (κ2) is 38.4. The molecule has 28 nitrogen and oxygen atoms in total. The zero-order valence-corrected chi connectivity index (χ0v) is 70.6. The Bertz CT molecular complexity index is 6000. The third-order valence-electron chi connectivity index (χ3n) is 19.3. The summed E-state index contributed by atoms with van der Waals surface area (Å²) in [5.74, 6) is -0.549. The van der Waals surface area contributed by atoms with Crippen LogP contribution >= 0.6 is 68.8 Å². The third-order valence-corrected chi connectivity index (χ3v) is 26.9.